The second-order valence-electron chi connectivity index (χ2n) is 3.20. The fourth-order valence-electron chi connectivity index (χ4n) is 1.11. The number of anilines is 1. The molecule has 1 aromatic rings. The number of aryl methyl sites for hydroxylation is 1. The SMILES string of the molecule is Cc1cc([N+](=O)[O-])c(Cl)cc1NS(=O)(=O)CCl. The van der Waals surface area contributed by atoms with Crippen LogP contribution in [0, 0.1) is 17.0 Å². The molecule has 1 aromatic carbocycles. The first kappa shape index (κ1) is 14.0. The topological polar surface area (TPSA) is 89.3 Å². The first-order chi connectivity index (χ1) is 7.76. The van der Waals surface area contributed by atoms with Gasteiger partial charge in [-0.05, 0) is 18.6 Å². The Hall–Kier alpha value is -1.05. The molecule has 0 aliphatic heterocycles. The van der Waals surface area contributed by atoms with E-state index >= 15 is 0 Å². The van der Waals surface area contributed by atoms with E-state index < -0.39 is 20.2 Å². The number of hydrogen-bond donors (Lipinski definition) is 1. The normalized spacial score (nSPS) is 11.2. The van der Waals surface area contributed by atoms with Crippen LogP contribution in [0.25, 0.3) is 0 Å². The summed E-state index contributed by atoms with van der Waals surface area (Å²) >= 11 is 10.9. The minimum Gasteiger partial charge on any atom is -0.282 e. The van der Waals surface area contributed by atoms with E-state index in [1.165, 1.54) is 19.1 Å². The monoisotopic (exact) mass is 298 g/mol. The van der Waals surface area contributed by atoms with Crippen LogP contribution in [0.2, 0.25) is 5.02 Å². The number of nitro benzene ring substituents is 1. The molecule has 17 heavy (non-hydrogen) atoms. The Morgan fingerprint density at radius 2 is 2.06 bits per heavy atom. The van der Waals surface area contributed by atoms with Crippen molar-refractivity contribution in [2.75, 3.05) is 9.93 Å². The van der Waals surface area contributed by atoms with Gasteiger partial charge in [-0.15, -0.1) is 11.6 Å². The van der Waals surface area contributed by atoms with Gasteiger partial charge in [0.1, 0.15) is 10.2 Å². The van der Waals surface area contributed by atoms with Crippen molar-refractivity contribution in [3.05, 3.63) is 32.8 Å². The Balaban J connectivity index is 3.21. The zero-order valence-corrected chi connectivity index (χ0v) is 10.9. The van der Waals surface area contributed by atoms with Gasteiger partial charge in [-0.3, -0.25) is 14.8 Å². The summed E-state index contributed by atoms with van der Waals surface area (Å²) in [7, 11) is -3.66. The van der Waals surface area contributed by atoms with Gasteiger partial charge in [0.05, 0.1) is 10.6 Å². The molecule has 0 spiro atoms. The third-order valence-corrected chi connectivity index (χ3v) is 3.88. The zero-order chi connectivity index (χ0) is 13.2. The molecular formula is C8H8Cl2N2O4S. The molecule has 0 bridgehead atoms. The molecule has 0 fully saturated rings. The van der Waals surface area contributed by atoms with Crippen molar-refractivity contribution in [3.8, 4) is 0 Å². The van der Waals surface area contributed by atoms with Crippen LogP contribution in [0.1, 0.15) is 5.56 Å². The van der Waals surface area contributed by atoms with E-state index in [-0.39, 0.29) is 16.4 Å². The summed E-state index contributed by atoms with van der Waals surface area (Å²) in [5.74, 6) is 0. The predicted molar refractivity (Wildman–Crippen MR) is 66.1 cm³/mol. The molecule has 0 unspecified atom stereocenters. The molecule has 0 aliphatic carbocycles. The molecule has 1 N–H and O–H groups in total. The maximum atomic E-state index is 11.2. The van der Waals surface area contributed by atoms with Gasteiger partial charge in [0.15, 0.2) is 0 Å². The standard InChI is InChI=1S/C8H8Cl2N2O4S/c1-5-2-8(12(13)14)6(10)3-7(5)11-17(15,16)4-9/h2-3,11H,4H2,1H3. The average Bonchev–Trinajstić information content (AvgIpc) is 2.22. The average molecular weight is 299 g/mol. The third kappa shape index (κ3) is 3.45. The van der Waals surface area contributed by atoms with Gasteiger partial charge < -0.3 is 0 Å². The highest BCUT2D eigenvalue weighted by Gasteiger charge is 2.17. The second kappa shape index (κ2) is 5.07. The summed E-state index contributed by atoms with van der Waals surface area (Å²) in [6, 6.07) is 2.37. The van der Waals surface area contributed by atoms with Crippen molar-refractivity contribution >= 4 is 44.6 Å². The molecule has 9 heteroatoms. The lowest BCUT2D eigenvalue weighted by molar-refractivity contribution is -0.384. The van der Waals surface area contributed by atoms with E-state index in [4.69, 9.17) is 23.2 Å². The Morgan fingerprint density at radius 1 is 1.47 bits per heavy atom. The van der Waals surface area contributed by atoms with E-state index in [1.54, 1.807) is 0 Å². The number of sulfonamides is 1. The van der Waals surface area contributed by atoms with Gasteiger partial charge in [0.25, 0.3) is 5.69 Å². The van der Waals surface area contributed by atoms with Crippen LogP contribution in [0.4, 0.5) is 11.4 Å². The third-order valence-electron chi connectivity index (χ3n) is 1.90. The van der Waals surface area contributed by atoms with Crippen molar-refractivity contribution in [3.63, 3.8) is 0 Å². The second-order valence-corrected chi connectivity index (χ2v) is 5.92. The van der Waals surface area contributed by atoms with Crippen LogP contribution in [-0.4, -0.2) is 18.6 Å². The van der Waals surface area contributed by atoms with Crippen LogP contribution < -0.4 is 4.72 Å². The summed E-state index contributed by atoms with van der Waals surface area (Å²) in [6.07, 6.45) is 0. The number of rotatable bonds is 4. The summed E-state index contributed by atoms with van der Waals surface area (Å²) < 4.78 is 24.6. The van der Waals surface area contributed by atoms with Gasteiger partial charge >= 0.3 is 0 Å². The fourth-order valence-corrected chi connectivity index (χ4v) is 2.12. The molecule has 0 aliphatic rings. The van der Waals surface area contributed by atoms with Crippen molar-refractivity contribution in [2.45, 2.75) is 6.92 Å². The number of benzene rings is 1. The predicted octanol–water partition coefficient (Wildman–Crippen LogP) is 2.49. The van der Waals surface area contributed by atoms with Crippen LogP contribution >= 0.6 is 23.2 Å². The number of alkyl halides is 1. The molecule has 0 aromatic heterocycles. The highest BCUT2D eigenvalue weighted by atomic mass is 35.5. The molecule has 0 saturated heterocycles. The molecule has 6 nitrogen and oxygen atoms in total. The largest absolute Gasteiger partial charge is 0.288 e. The van der Waals surface area contributed by atoms with E-state index in [2.05, 4.69) is 4.72 Å². The molecule has 0 amide bonds. The van der Waals surface area contributed by atoms with E-state index in [0.29, 0.717) is 5.56 Å². The van der Waals surface area contributed by atoms with Crippen LogP contribution in [-0.2, 0) is 10.0 Å². The first-order valence-corrected chi connectivity index (χ1v) is 6.84. The van der Waals surface area contributed by atoms with Crippen LogP contribution in [0.3, 0.4) is 0 Å². The number of nitro groups is 1. The lowest BCUT2D eigenvalue weighted by atomic mass is 10.2. The minimum atomic E-state index is -3.66. The van der Waals surface area contributed by atoms with E-state index in [1.807, 2.05) is 0 Å². The summed E-state index contributed by atoms with van der Waals surface area (Å²) in [5, 5.41) is 9.83. The summed E-state index contributed by atoms with van der Waals surface area (Å²) in [5.41, 5.74) is 0.272. The molecule has 94 valence electrons. The number of halogens is 2. The van der Waals surface area contributed by atoms with Gasteiger partial charge in [-0.1, -0.05) is 11.6 Å². The molecular weight excluding hydrogens is 291 g/mol. The van der Waals surface area contributed by atoms with Gasteiger partial charge in [0.2, 0.25) is 10.0 Å². The molecule has 0 saturated carbocycles. The Labute approximate surface area is 108 Å². The van der Waals surface area contributed by atoms with Crippen molar-refractivity contribution in [2.24, 2.45) is 0 Å². The lowest BCUT2D eigenvalue weighted by Crippen LogP contribution is -2.14. The molecule has 0 atom stereocenters. The van der Waals surface area contributed by atoms with E-state index in [0.717, 1.165) is 0 Å². The minimum absolute atomic E-state index is 0.145. The fraction of sp³-hybridized carbons (Fsp3) is 0.250. The maximum absolute atomic E-state index is 11.2. The lowest BCUT2D eigenvalue weighted by Gasteiger charge is -2.09. The smallest absolute Gasteiger partial charge is 0.282 e. The number of hydrogen-bond acceptors (Lipinski definition) is 4. The molecule has 0 heterocycles. The van der Waals surface area contributed by atoms with Crippen LogP contribution in [0.5, 0.6) is 0 Å². The van der Waals surface area contributed by atoms with Crippen molar-refractivity contribution in [1.82, 2.24) is 0 Å². The molecule has 0 radical (unpaired) electrons. The van der Waals surface area contributed by atoms with Gasteiger partial charge in [0, 0.05) is 6.07 Å². The van der Waals surface area contributed by atoms with Gasteiger partial charge in [-0.25, -0.2) is 8.42 Å². The maximum Gasteiger partial charge on any atom is 0.288 e. The van der Waals surface area contributed by atoms with Crippen LogP contribution in [0.15, 0.2) is 12.1 Å². The van der Waals surface area contributed by atoms with Crippen molar-refractivity contribution in [1.29, 1.82) is 0 Å². The summed E-state index contributed by atoms with van der Waals surface area (Å²) in [4.78, 5) is 9.94. The first-order valence-electron chi connectivity index (χ1n) is 4.28. The van der Waals surface area contributed by atoms with E-state index in [9.17, 15) is 18.5 Å². The highest BCUT2D eigenvalue weighted by molar-refractivity contribution is 7.93. The Kier molecular flexibility index (Phi) is 4.18. The zero-order valence-electron chi connectivity index (χ0n) is 8.61. The Bertz CT molecular complexity index is 559. The van der Waals surface area contributed by atoms with Gasteiger partial charge in [-0.2, -0.15) is 0 Å². The Morgan fingerprint density at radius 3 is 2.53 bits per heavy atom. The number of nitrogens with zero attached hydrogens (tertiary/aromatic N) is 1. The quantitative estimate of drug-likeness (QED) is 0.525. The highest BCUT2D eigenvalue weighted by Crippen LogP contribution is 2.30. The molecule has 1 rings (SSSR count). The van der Waals surface area contributed by atoms with Crippen molar-refractivity contribution < 1.29 is 13.3 Å². The summed E-state index contributed by atoms with van der Waals surface area (Å²) in [6.45, 7) is 1.52. The number of nitrogens with one attached hydrogen (secondary N) is 1.